The topological polar surface area (TPSA) is 58.1 Å². The van der Waals surface area contributed by atoms with Gasteiger partial charge in [-0.25, -0.2) is 0 Å². The van der Waals surface area contributed by atoms with Crippen LogP contribution in [-0.2, 0) is 22.6 Å². The van der Waals surface area contributed by atoms with Crippen molar-refractivity contribution in [2.75, 3.05) is 47.0 Å². The molecule has 0 unspecified atom stereocenters. The molecule has 0 amide bonds. The molecule has 182 valence electrons. The van der Waals surface area contributed by atoms with Crippen molar-refractivity contribution in [1.82, 2.24) is 15.5 Å². The molecule has 0 radical (unpaired) electrons. The average molecular weight is 567 g/mol. The zero-order valence-electron chi connectivity index (χ0n) is 20.0. The Morgan fingerprint density at radius 3 is 2.06 bits per heavy atom. The maximum absolute atomic E-state index is 5.81. The number of halogens is 1. The predicted octanol–water partition coefficient (Wildman–Crippen LogP) is 4.06. The van der Waals surface area contributed by atoms with Crippen LogP contribution in [0.15, 0.2) is 65.7 Å². The molecule has 2 aromatic carbocycles. The summed E-state index contributed by atoms with van der Waals surface area (Å²) in [6.45, 7) is 6.00. The highest BCUT2D eigenvalue weighted by Crippen LogP contribution is 2.23. The molecular weight excluding hydrogens is 527 g/mol. The highest BCUT2D eigenvalue weighted by molar-refractivity contribution is 14.0. The highest BCUT2D eigenvalue weighted by Gasteiger charge is 2.32. The number of aliphatic imine (C=N–C) groups is 1. The summed E-state index contributed by atoms with van der Waals surface area (Å²) in [6, 6.07) is 21.4. The Labute approximate surface area is 216 Å². The second kappa shape index (κ2) is 15.3. The minimum atomic E-state index is -0.169. The number of nitrogens with one attached hydrogen (secondary N) is 2. The van der Waals surface area contributed by atoms with E-state index in [1.54, 1.807) is 7.11 Å². The third kappa shape index (κ3) is 9.60. The Kier molecular flexibility index (Phi) is 12.8. The summed E-state index contributed by atoms with van der Waals surface area (Å²) < 4.78 is 11.3. The van der Waals surface area contributed by atoms with Crippen molar-refractivity contribution in [3.63, 3.8) is 0 Å². The number of benzene rings is 2. The van der Waals surface area contributed by atoms with Gasteiger partial charge in [-0.2, -0.15) is 0 Å². The maximum atomic E-state index is 5.81. The molecule has 7 heteroatoms. The van der Waals surface area contributed by atoms with Gasteiger partial charge in [-0.05, 0) is 17.5 Å². The molecule has 0 aliphatic carbocycles. The van der Waals surface area contributed by atoms with Crippen LogP contribution in [0.5, 0.6) is 0 Å². The molecule has 0 bridgehead atoms. The number of hydrogen-bond donors (Lipinski definition) is 2. The fourth-order valence-electron chi connectivity index (χ4n) is 4.07. The van der Waals surface area contributed by atoms with E-state index in [1.165, 1.54) is 11.1 Å². The molecule has 1 heterocycles. The fourth-order valence-corrected chi connectivity index (χ4v) is 4.07. The van der Waals surface area contributed by atoms with Gasteiger partial charge in [-0.15, -0.1) is 24.0 Å². The highest BCUT2D eigenvalue weighted by atomic mass is 127. The first-order valence-electron chi connectivity index (χ1n) is 11.6. The largest absolute Gasteiger partial charge is 0.381 e. The van der Waals surface area contributed by atoms with Crippen molar-refractivity contribution in [1.29, 1.82) is 0 Å². The number of ether oxygens (including phenoxy) is 2. The van der Waals surface area contributed by atoms with Crippen LogP contribution in [0.2, 0.25) is 0 Å². The third-order valence-corrected chi connectivity index (χ3v) is 6.08. The van der Waals surface area contributed by atoms with Gasteiger partial charge in [0.15, 0.2) is 5.96 Å². The molecule has 33 heavy (non-hydrogen) atoms. The van der Waals surface area contributed by atoms with E-state index in [0.717, 1.165) is 71.2 Å². The molecule has 1 fully saturated rings. The Hall–Kier alpha value is -1.68. The van der Waals surface area contributed by atoms with E-state index in [9.17, 15) is 0 Å². The molecule has 1 aliphatic rings. The van der Waals surface area contributed by atoms with Crippen molar-refractivity contribution < 1.29 is 9.47 Å². The summed E-state index contributed by atoms with van der Waals surface area (Å²) >= 11 is 0. The van der Waals surface area contributed by atoms with Crippen LogP contribution in [0.4, 0.5) is 0 Å². The number of rotatable bonds is 11. The maximum Gasteiger partial charge on any atom is 0.191 e. The summed E-state index contributed by atoms with van der Waals surface area (Å²) in [4.78, 5) is 6.89. The molecule has 0 saturated carbocycles. The molecule has 0 aromatic heterocycles. The summed E-state index contributed by atoms with van der Waals surface area (Å²) in [5.74, 6) is 0.825. The smallest absolute Gasteiger partial charge is 0.191 e. The molecule has 0 atom stereocenters. The predicted molar refractivity (Wildman–Crippen MR) is 146 cm³/mol. The van der Waals surface area contributed by atoms with Gasteiger partial charge >= 0.3 is 0 Å². The van der Waals surface area contributed by atoms with Crippen LogP contribution < -0.4 is 10.6 Å². The Morgan fingerprint density at radius 2 is 1.55 bits per heavy atom. The van der Waals surface area contributed by atoms with E-state index in [1.807, 2.05) is 7.05 Å². The van der Waals surface area contributed by atoms with Crippen LogP contribution in [0.1, 0.15) is 30.4 Å². The lowest BCUT2D eigenvalue weighted by Gasteiger charge is -2.36. The van der Waals surface area contributed by atoms with Crippen LogP contribution in [0, 0.1) is 0 Å². The molecule has 3 rings (SSSR count). The van der Waals surface area contributed by atoms with Crippen molar-refractivity contribution in [3.8, 4) is 0 Å². The van der Waals surface area contributed by atoms with Gasteiger partial charge in [0.25, 0.3) is 0 Å². The van der Waals surface area contributed by atoms with Crippen molar-refractivity contribution in [3.05, 3.63) is 71.8 Å². The standard InChI is InChI=1S/C26H38N4O2.HI/c1-27-25(29-22-26(31-2)14-18-32-19-15-26)28-16-9-17-30(20-23-10-5-3-6-11-23)21-24-12-7-4-8-13-24;/h3-8,10-13H,9,14-22H2,1-2H3,(H2,27,28,29);1H. The van der Waals surface area contributed by atoms with E-state index >= 15 is 0 Å². The Morgan fingerprint density at radius 1 is 0.970 bits per heavy atom. The van der Waals surface area contributed by atoms with Gasteiger partial charge in [-0.3, -0.25) is 9.89 Å². The fraction of sp³-hybridized carbons (Fsp3) is 0.500. The van der Waals surface area contributed by atoms with Gasteiger partial charge in [0, 0.05) is 72.9 Å². The first-order chi connectivity index (χ1) is 15.7. The van der Waals surface area contributed by atoms with Crippen LogP contribution >= 0.6 is 24.0 Å². The lowest BCUT2D eigenvalue weighted by molar-refractivity contribution is -0.0855. The average Bonchev–Trinajstić information content (AvgIpc) is 2.85. The van der Waals surface area contributed by atoms with Gasteiger partial charge in [-0.1, -0.05) is 60.7 Å². The van der Waals surface area contributed by atoms with Gasteiger partial charge in [0.05, 0.1) is 5.60 Å². The summed E-state index contributed by atoms with van der Waals surface area (Å²) in [5, 5.41) is 6.90. The number of guanidine groups is 1. The van der Waals surface area contributed by atoms with Crippen LogP contribution in [0.3, 0.4) is 0 Å². The lowest BCUT2D eigenvalue weighted by atomic mass is 9.94. The minimum Gasteiger partial charge on any atom is -0.381 e. The first-order valence-corrected chi connectivity index (χ1v) is 11.6. The lowest BCUT2D eigenvalue weighted by Crippen LogP contribution is -2.51. The zero-order valence-corrected chi connectivity index (χ0v) is 22.3. The van der Waals surface area contributed by atoms with E-state index in [2.05, 4.69) is 81.2 Å². The SMILES string of the molecule is CN=C(NCCCN(Cc1ccccc1)Cc1ccccc1)NCC1(OC)CCOCC1.I. The van der Waals surface area contributed by atoms with Gasteiger partial charge < -0.3 is 20.1 Å². The second-order valence-electron chi connectivity index (χ2n) is 8.39. The van der Waals surface area contributed by atoms with Crippen molar-refractivity contribution in [2.24, 2.45) is 4.99 Å². The Balaban J connectivity index is 0.00000385. The van der Waals surface area contributed by atoms with Crippen molar-refractivity contribution in [2.45, 2.75) is 38.0 Å². The molecule has 2 N–H and O–H groups in total. The first kappa shape index (κ1) is 27.6. The van der Waals surface area contributed by atoms with Gasteiger partial charge in [0.2, 0.25) is 0 Å². The number of nitrogens with zero attached hydrogens (tertiary/aromatic N) is 2. The second-order valence-corrected chi connectivity index (χ2v) is 8.39. The zero-order chi connectivity index (χ0) is 22.5. The van der Waals surface area contributed by atoms with Crippen LogP contribution in [0.25, 0.3) is 0 Å². The van der Waals surface area contributed by atoms with Gasteiger partial charge in [0.1, 0.15) is 0 Å². The van der Waals surface area contributed by atoms with Crippen molar-refractivity contribution >= 4 is 29.9 Å². The quantitative estimate of drug-likeness (QED) is 0.186. The summed E-state index contributed by atoms with van der Waals surface area (Å²) in [6.07, 6.45) is 2.84. The van der Waals surface area contributed by atoms with E-state index in [4.69, 9.17) is 9.47 Å². The molecule has 1 saturated heterocycles. The molecule has 6 nitrogen and oxygen atoms in total. The van der Waals surface area contributed by atoms with E-state index in [-0.39, 0.29) is 29.6 Å². The third-order valence-electron chi connectivity index (χ3n) is 6.08. The number of methoxy groups -OCH3 is 1. The summed E-state index contributed by atoms with van der Waals surface area (Å²) in [5.41, 5.74) is 2.52. The van der Waals surface area contributed by atoms with E-state index < -0.39 is 0 Å². The monoisotopic (exact) mass is 566 g/mol. The molecule has 0 spiro atoms. The molecular formula is C26H39IN4O2. The normalized spacial score (nSPS) is 15.7. The minimum absolute atomic E-state index is 0. The molecule has 2 aromatic rings. The van der Waals surface area contributed by atoms with E-state index in [0.29, 0.717) is 0 Å². The Bertz CT molecular complexity index is 757. The number of hydrogen-bond acceptors (Lipinski definition) is 4. The molecule has 1 aliphatic heterocycles. The summed E-state index contributed by atoms with van der Waals surface area (Å²) in [7, 11) is 3.60. The van der Waals surface area contributed by atoms with Crippen LogP contribution in [-0.4, -0.2) is 63.5 Å².